The van der Waals surface area contributed by atoms with Crippen molar-refractivity contribution in [2.75, 3.05) is 38.2 Å². The molecule has 0 saturated carbocycles. The average Bonchev–Trinajstić information content (AvgIpc) is 3.31. The summed E-state index contributed by atoms with van der Waals surface area (Å²) in [5.74, 6) is 1.31. The van der Waals surface area contributed by atoms with Gasteiger partial charge in [-0.25, -0.2) is 0 Å². The van der Waals surface area contributed by atoms with Crippen molar-refractivity contribution < 1.29 is 13.9 Å². The van der Waals surface area contributed by atoms with Crippen molar-refractivity contribution in [3.05, 3.63) is 60.2 Å². The molecule has 4 rings (SSSR count). The Kier molecular flexibility index (Phi) is 5.60. The minimum absolute atomic E-state index is 0.180. The van der Waals surface area contributed by atoms with E-state index in [0.717, 1.165) is 56.2 Å². The molecule has 1 N–H and O–H groups in total. The number of benzene rings is 1. The molecule has 6 heteroatoms. The lowest BCUT2D eigenvalue weighted by Gasteiger charge is -2.26. The fourth-order valence-electron chi connectivity index (χ4n) is 3.43. The van der Waals surface area contributed by atoms with Gasteiger partial charge in [0.1, 0.15) is 11.5 Å². The maximum absolute atomic E-state index is 12.2. The Bertz CT molecular complexity index is 980. The van der Waals surface area contributed by atoms with Gasteiger partial charge in [-0.1, -0.05) is 0 Å². The van der Waals surface area contributed by atoms with E-state index in [1.165, 1.54) is 11.6 Å². The topological polar surface area (TPSA) is 59.6 Å². The third-order valence-corrected chi connectivity index (χ3v) is 4.96. The lowest BCUT2D eigenvalue weighted by Crippen LogP contribution is -2.38. The molecule has 0 bridgehead atoms. The Morgan fingerprint density at radius 3 is 2.79 bits per heavy atom. The summed E-state index contributed by atoms with van der Waals surface area (Å²) < 4.78 is 13.1. The van der Waals surface area contributed by atoms with Gasteiger partial charge in [-0.15, -0.1) is 0 Å². The lowest BCUT2D eigenvalue weighted by molar-refractivity contribution is -0.111. The van der Waals surface area contributed by atoms with E-state index in [-0.39, 0.29) is 5.91 Å². The van der Waals surface area contributed by atoms with Crippen LogP contribution in [-0.4, -0.2) is 48.2 Å². The Hall–Kier alpha value is -2.83. The summed E-state index contributed by atoms with van der Waals surface area (Å²) in [7, 11) is 0. The Morgan fingerprint density at radius 2 is 2.00 bits per heavy atom. The minimum Gasteiger partial charge on any atom is -0.462 e. The van der Waals surface area contributed by atoms with Crippen LogP contribution in [0.25, 0.3) is 17.0 Å². The molecule has 28 heavy (non-hydrogen) atoms. The minimum atomic E-state index is -0.180. The quantitative estimate of drug-likeness (QED) is 0.666. The number of carbonyl (C=O) groups is 1. The number of hydrogen-bond donors (Lipinski definition) is 1. The number of fused-ring (bicyclic) bond motifs is 1. The van der Waals surface area contributed by atoms with E-state index >= 15 is 0 Å². The highest BCUT2D eigenvalue weighted by molar-refractivity contribution is 6.02. The predicted octanol–water partition coefficient (Wildman–Crippen LogP) is 3.53. The number of carbonyl (C=O) groups excluding carboxylic acids is 1. The van der Waals surface area contributed by atoms with E-state index in [4.69, 9.17) is 9.15 Å². The Morgan fingerprint density at radius 1 is 1.14 bits per heavy atom. The number of furan rings is 1. The number of nitrogens with one attached hydrogen (secondary N) is 1. The molecule has 0 aliphatic carbocycles. The first-order valence-electron chi connectivity index (χ1n) is 9.62. The van der Waals surface area contributed by atoms with Crippen LogP contribution in [0.2, 0.25) is 0 Å². The predicted molar refractivity (Wildman–Crippen MR) is 110 cm³/mol. The molecule has 2 aromatic heterocycles. The lowest BCUT2D eigenvalue weighted by atomic mass is 10.2. The number of ether oxygens (including phenoxy) is 1. The molecule has 1 aromatic carbocycles. The molecular formula is C22H25N3O3. The van der Waals surface area contributed by atoms with E-state index in [9.17, 15) is 4.79 Å². The molecule has 146 valence electrons. The molecular weight excluding hydrogens is 354 g/mol. The maximum atomic E-state index is 12.2. The number of amides is 1. The highest BCUT2D eigenvalue weighted by atomic mass is 16.5. The van der Waals surface area contributed by atoms with Gasteiger partial charge in [-0.2, -0.15) is 0 Å². The highest BCUT2D eigenvalue weighted by Crippen LogP contribution is 2.21. The molecule has 3 aromatic rings. The number of aromatic nitrogens is 1. The zero-order valence-corrected chi connectivity index (χ0v) is 16.1. The van der Waals surface area contributed by atoms with E-state index in [0.29, 0.717) is 5.76 Å². The third kappa shape index (κ3) is 4.52. The Labute approximate surface area is 164 Å². The molecule has 0 atom stereocenters. The largest absolute Gasteiger partial charge is 0.462 e. The summed E-state index contributed by atoms with van der Waals surface area (Å²) in [5, 5.41) is 4.02. The second kappa shape index (κ2) is 8.46. The van der Waals surface area contributed by atoms with Crippen LogP contribution in [0.4, 0.5) is 5.69 Å². The normalized spacial score (nSPS) is 15.5. The van der Waals surface area contributed by atoms with Crippen molar-refractivity contribution in [1.82, 2.24) is 9.47 Å². The maximum Gasteiger partial charge on any atom is 0.248 e. The first kappa shape index (κ1) is 18.5. The van der Waals surface area contributed by atoms with Crippen LogP contribution in [0.5, 0.6) is 0 Å². The van der Waals surface area contributed by atoms with Gasteiger partial charge in [0.05, 0.1) is 13.2 Å². The van der Waals surface area contributed by atoms with Crippen LogP contribution in [0.1, 0.15) is 11.5 Å². The van der Waals surface area contributed by atoms with Crippen molar-refractivity contribution in [3.63, 3.8) is 0 Å². The van der Waals surface area contributed by atoms with Gasteiger partial charge in [0.15, 0.2) is 0 Å². The van der Waals surface area contributed by atoms with Crippen molar-refractivity contribution in [2.24, 2.45) is 0 Å². The van der Waals surface area contributed by atoms with Crippen LogP contribution in [0.3, 0.4) is 0 Å². The fourth-order valence-corrected chi connectivity index (χ4v) is 3.43. The van der Waals surface area contributed by atoms with Crippen LogP contribution >= 0.6 is 0 Å². The first-order chi connectivity index (χ1) is 13.7. The van der Waals surface area contributed by atoms with Gasteiger partial charge in [0, 0.05) is 55.0 Å². The van der Waals surface area contributed by atoms with Gasteiger partial charge in [0.2, 0.25) is 5.91 Å². The summed E-state index contributed by atoms with van der Waals surface area (Å²) in [4.78, 5) is 14.6. The monoisotopic (exact) mass is 379 g/mol. The molecule has 1 fully saturated rings. The number of aryl methyl sites for hydroxylation is 1. The van der Waals surface area contributed by atoms with Gasteiger partial charge < -0.3 is 19.0 Å². The van der Waals surface area contributed by atoms with E-state index < -0.39 is 0 Å². The molecule has 0 unspecified atom stereocenters. The van der Waals surface area contributed by atoms with Crippen LogP contribution < -0.4 is 5.32 Å². The fraction of sp³-hybridized carbons (Fsp3) is 0.318. The average molecular weight is 379 g/mol. The molecule has 0 spiro atoms. The first-order valence-corrected chi connectivity index (χ1v) is 9.62. The summed E-state index contributed by atoms with van der Waals surface area (Å²) in [6.45, 7) is 7.48. The van der Waals surface area contributed by atoms with Crippen molar-refractivity contribution in [3.8, 4) is 0 Å². The Balaban J connectivity index is 1.37. The second-order valence-corrected chi connectivity index (χ2v) is 7.01. The van der Waals surface area contributed by atoms with E-state index in [1.807, 2.05) is 31.2 Å². The second-order valence-electron chi connectivity index (χ2n) is 7.01. The zero-order valence-electron chi connectivity index (χ0n) is 16.1. The van der Waals surface area contributed by atoms with E-state index in [2.05, 4.69) is 33.1 Å². The third-order valence-electron chi connectivity index (χ3n) is 4.96. The van der Waals surface area contributed by atoms with Crippen LogP contribution in [0.15, 0.2) is 53.1 Å². The zero-order chi connectivity index (χ0) is 19.3. The number of hydrogen-bond acceptors (Lipinski definition) is 4. The number of rotatable bonds is 6. The molecule has 0 radical (unpaired) electrons. The van der Waals surface area contributed by atoms with Crippen LogP contribution in [0, 0.1) is 6.92 Å². The van der Waals surface area contributed by atoms with E-state index in [1.54, 1.807) is 6.08 Å². The number of nitrogens with zero attached hydrogens (tertiary/aromatic N) is 2. The molecule has 3 heterocycles. The van der Waals surface area contributed by atoms with Crippen LogP contribution in [-0.2, 0) is 16.1 Å². The molecule has 1 aliphatic heterocycles. The highest BCUT2D eigenvalue weighted by Gasteiger charge is 2.11. The molecule has 1 amide bonds. The summed E-state index contributed by atoms with van der Waals surface area (Å²) >= 11 is 0. The SMILES string of the molecule is Cc1ccc(/C=C/C(=O)Nc2ccc3c(ccn3CCN3CCOCC3)c2)o1. The summed E-state index contributed by atoms with van der Waals surface area (Å²) in [5.41, 5.74) is 1.96. The number of morpholine rings is 1. The van der Waals surface area contributed by atoms with Gasteiger partial charge >= 0.3 is 0 Å². The van der Waals surface area contributed by atoms with Crippen molar-refractivity contribution >= 4 is 28.6 Å². The summed E-state index contributed by atoms with van der Waals surface area (Å²) in [6.07, 6.45) is 5.26. The molecule has 1 aliphatic rings. The van der Waals surface area contributed by atoms with Gasteiger partial charge in [-0.3, -0.25) is 9.69 Å². The van der Waals surface area contributed by atoms with Gasteiger partial charge in [0.25, 0.3) is 0 Å². The summed E-state index contributed by atoms with van der Waals surface area (Å²) in [6, 6.07) is 11.8. The van der Waals surface area contributed by atoms with Gasteiger partial charge in [-0.05, 0) is 49.4 Å². The molecule has 6 nitrogen and oxygen atoms in total. The smallest absolute Gasteiger partial charge is 0.248 e. The molecule has 1 saturated heterocycles. The van der Waals surface area contributed by atoms with Crippen molar-refractivity contribution in [1.29, 1.82) is 0 Å². The number of anilines is 1. The van der Waals surface area contributed by atoms with Crippen molar-refractivity contribution in [2.45, 2.75) is 13.5 Å². The standard InChI is InChI=1S/C22H25N3O3/c1-17-2-4-20(28-17)5-7-22(26)23-19-3-6-21-18(16-19)8-9-25(21)11-10-24-12-14-27-15-13-24/h2-9,16H,10-15H2,1H3,(H,23,26)/b7-5+.